The smallest absolute Gasteiger partial charge is 0.335 e. The van der Waals surface area contributed by atoms with Gasteiger partial charge in [0.25, 0.3) is 11.8 Å². The van der Waals surface area contributed by atoms with Crippen molar-refractivity contribution in [2.24, 2.45) is 5.10 Å². The molecule has 0 fully saturated rings. The summed E-state index contributed by atoms with van der Waals surface area (Å²) in [5.41, 5.74) is 2.91. The summed E-state index contributed by atoms with van der Waals surface area (Å²) in [5.74, 6) is -0.965. The van der Waals surface area contributed by atoms with Gasteiger partial charge in [-0.05, 0) is 61.4 Å². The number of nitrogens with zero attached hydrogens (tertiary/aromatic N) is 2. The first-order valence-corrected chi connectivity index (χ1v) is 11.9. The Balaban J connectivity index is 1.45. The normalized spacial score (nSPS) is 14.7. The molecule has 0 aromatic heterocycles. The van der Waals surface area contributed by atoms with Crippen LogP contribution >= 0.6 is 0 Å². The van der Waals surface area contributed by atoms with Crippen LogP contribution in [-0.4, -0.2) is 42.3 Å². The van der Waals surface area contributed by atoms with E-state index in [-0.39, 0.29) is 30.0 Å². The molecule has 2 N–H and O–H groups in total. The number of methoxy groups -OCH3 is 1. The summed E-state index contributed by atoms with van der Waals surface area (Å²) in [5, 5.41) is 17.6. The second kappa shape index (κ2) is 11.4. The lowest BCUT2D eigenvalue weighted by atomic mass is 10.1. The molecule has 1 atom stereocenters. The predicted octanol–water partition coefficient (Wildman–Crippen LogP) is 4.46. The zero-order valence-corrected chi connectivity index (χ0v) is 21.2. The average molecular weight is 514 g/mol. The molecule has 0 saturated heterocycles. The molecule has 9 heteroatoms. The Kier molecular flexibility index (Phi) is 7.86. The fourth-order valence-corrected chi connectivity index (χ4v) is 3.94. The molecule has 0 saturated carbocycles. The number of rotatable bonds is 9. The molecule has 3 aromatic rings. The third-order valence-corrected chi connectivity index (χ3v) is 5.93. The fraction of sp³-hybridized carbons (Fsp3) is 0.172. The van der Waals surface area contributed by atoms with Crippen LogP contribution in [0.15, 0.2) is 83.5 Å². The van der Waals surface area contributed by atoms with Gasteiger partial charge in [-0.15, -0.1) is 0 Å². The van der Waals surface area contributed by atoms with E-state index in [2.05, 4.69) is 10.4 Å². The van der Waals surface area contributed by atoms with Gasteiger partial charge in [0, 0.05) is 0 Å². The predicted molar refractivity (Wildman–Crippen MR) is 143 cm³/mol. The monoisotopic (exact) mass is 513 g/mol. The summed E-state index contributed by atoms with van der Waals surface area (Å²) in [4.78, 5) is 36.8. The highest BCUT2D eigenvalue weighted by molar-refractivity contribution is 6.32. The molecule has 1 heterocycles. The number of benzene rings is 3. The SMILES string of the molecule is COc1cc(/C=C2/C(=O)N(c3cccc(C(=O)O)c3)N=C2C)ccc1OCC(=O)N[C@@H](C)c1ccccc1. The minimum absolute atomic E-state index is 0.0594. The van der Waals surface area contributed by atoms with Crippen LogP contribution in [-0.2, 0) is 9.59 Å². The molecule has 4 rings (SSSR count). The average Bonchev–Trinajstić information content (AvgIpc) is 3.21. The number of amides is 2. The molecular weight excluding hydrogens is 486 g/mol. The van der Waals surface area contributed by atoms with Crippen LogP contribution in [0.3, 0.4) is 0 Å². The second-order valence-electron chi connectivity index (χ2n) is 8.61. The molecule has 194 valence electrons. The van der Waals surface area contributed by atoms with Gasteiger partial charge in [0.15, 0.2) is 18.1 Å². The fourth-order valence-electron chi connectivity index (χ4n) is 3.94. The van der Waals surface area contributed by atoms with Gasteiger partial charge < -0.3 is 19.9 Å². The molecule has 0 aliphatic carbocycles. The molecule has 0 unspecified atom stereocenters. The number of carbonyl (C=O) groups is 3. The van der Waals surface area contributed by atoms with Crippen LogP contribution in [0.4, 0.5) is 5.69 Å². The lowest BCUT2D eigenvalue weighted by molar-refractivity contribution is -0.123. The molecule has 3 aromatic carbocycles. The highest BCUT2D eigenvalue weighted by Gasteiger charge is 2.29. The number of hydrazone groups is 1. The number of hydrogen-bond donors (Lipinski definition) is 2. The van der Waals surface area contributed by atoms with Crippen LogP contribution < -0.4 is 19.8 Å². The van der Waals surface area contributed by atoms with Crippen molar-refractivity contribution in [2.45, 2.75) is 19.9 Å². The zero-order chi connectivity index (χ0) is 27.2. The van der Waals surface area contributed by atoms with Crippen molar-refractivity contribution in [1.82, 2.24) is 5.32 Å². The molecule has 9 nitrogen and oxygen atoms in total. The Hall–Kier alpha value is -4.92. The molecule has 38 heavy (non-hydrogen) atoms. The van der Waals surface area contributed by atoms with Gasteiger partial charge in [-0.25, -0.2) is 4.79 Å². The van der Waals surface area contributed by atoms with Crippen molar-refractivity contribution >= 4 is 35.3 Å². The Morgan fingerprint density at radius 2 is 1.82 bits per heavy atom. The summed E-state index contributed by atoms with van der Waals surface area (Å²) in [6.07, 6.45) is 1.67. The highest BCUT2D eigenvalue weighted by atomic mass is 16.5. The number of ether oxygens (including phenoxy) is 2. The molecular formula is C29H27N3O6. The Labute approximate surface area is 220 Å². The van der Waals surface area contributed by atoms with Crippen molar-refractivity contribution in [3.05, 3.63) is 95.1 Å². The first-order valence-electron chi connectivity index (χ1n) is 11.9. The van der Waals surface area contributed by atoms with E-state index in [1.807, 2.05) is 37.3 Å². The lowest BCUT2D eigenvalue weighted by Crippen LogP contribution is -2.31. The van der Waals surface area contributed by atoms with E-state index in [0.717, 1.165) is 5.56 Å². The molecule has 0 bridgehead atoms. The van der Waals surface area contributed by atoms with Crippen LogP contribution in [0.5, 0.6) is 11.5 Å². The summed E-state index contributed by atoms with van der Waals surface area (Å²) in [6.45, 7) is 3.41. The number of hydrogen-bond acceptors (Lipinski definition) is 6. The van der Waals surface area contributed by atoms with Gasteiger partial charge in [-0.2, -0.15) is 10.1 Å². The number of carbonyl (C=O) groups excluding carboxylic acids is 2. The van der Waals surface area contributed by atoms with Gasteiger partial charge in [-0.1, -0.05) is 42.5 Å². The van der Waals surface area contributed by atoms with Gasteiger partial charge >= 0.3 is 5.97 Å². The minimum Gasteiger partial charge on any atom is -0.493 e. The Morgan fingerprint density at radius 1 is 1.05 bits per heavy atom. The van der Waals surface area contributed by atoms with Gasteiger partial charge in [0.1, 0.15) is 0 Å². The summed E-state index contributed by atoms with van der Waals surface area (Å²) >= 11 is 0. The molecule has 1 aliphatic rings. The van der Waals surface area contributed by atoms with Crippen molar-refractivity contribution < 1.29 is 29.0 Å². The van der Waals surface area contributed by atoms with Crippen molar-refractivity contribution in [3.8, 4) is 11.5 Å². The summed E-state index contributed by atoms with van der Waals surface area (Å²) < 4.78 is 11.1. The van der Waals surface area contributed by atoms with E-state index in [0.29, 0.717) is 34.0 Å². The van der Waals surface area contributed by atoms with Gasteiger partial charge in [0.2, 0.25) is 0 Å². The zero-order valence-electron chi connectivity index (χ0n) is 21.2. The van der Waals surface area contributed by atoms with Gasteiger partial charge in [-0.3, -0.25) is 9.59 Å². The molecule has 0 radical (unpaired) electrons. The third kappa shape index (κ3) is 5.89. The van der Waals surface area contributed by atoms with Crippen molar-refractivity contribution in [2.75, 3.05) is 18.7 Å². The number of carboxylic acid groups (broad SMARTS) is 1. The lowest BCUT2D eigenvalue weighted by Gasteiger charge is -2.15. The first-order chi connectivity index (χ1) is 18.3. The second-order valence-corrected chi connectivity index (χ2v) is 8.61. The van der Waals surface area contributed by atoms with Gasteiger partial charge in [0.05, 0.1) is 35.7 Å². The Morgan fingerprint density at radius 3 is 2.53 bits per heavy atom. The van der Waals surface area contributed by atoms with E-state index in [9.17, 15) is 19.5 Å². The topological polar surface area (TPSA) is 118 Å². The number of aromatic carboxylic acids is 1. The largest absolute Gasteiger partial charge is 0.493 e. The van der Waals surface area contributed by atoms with Crippen LogP contribution in [0.1, 0.15) is 41.4 Å². The summed E-state index contributed by atoms with van der Waals surface area (Å²) in [7, 11) is 1.49. The maximum atomic E-state index is 13.1. The summed E-state index contributed by atoms with van der Waals surface area (Å²) in [6, 6.07) is 20.6. The van der Waals surface area contributed by atoms with Crippen molar-refractivity contribution in [1.29, 1.82) is 0 Å². The number of nitrogens with one attached hydrogen (secondary N) is 1. The molecule has 0 spiro atoms. The minimum atomic E-state index is -1.09. The Bertz CT molecular complexity index is 1430. The third-order valence-electron chi connectivity index (χ3n) is 5.93. The van der Waals surface area contributed by atoms with E-state index < -0.39 is 5.97 Å². The van der Waals surface area contributed by atoms with E-state index in [1.165, 1.54) is 24.3 Å². The van der Waals surface area contributed by atoms with Crippen LogP contribution in [0.25, 0.3) is 6.08 Å². The van der Waals surface area contributed by atoms with Crippen LogP contribution in [0.2, 0.25) is 0 Å². The quantitative estimate of drug-likeness (QED) is 0.408. The molecule has 1 aliphatic heterocycles. The van der Waals surface area contributed by atoms with Crippen molar-refractivity contribution in [3.63, 3.8) is 0 Å². The highest BCUT2D eigenvalue weighted by Crippen LogP contribution is 2.31. The van der Waals surface area contributed by atoms with E-state index in [4.69, 9.17) is 9.47 Å². The number of carboxylic acids is 1. The van der Waals surface area contributed by atoms with E-state index >= 15 is 0 Å². The van der Waals surface area contributed by atoms with E-state index in [1.54, 1.807) is 43.3 Å². The molecule has 2 amide bonds. The standard InChI is InChI=1S/C29H27N3O6/c1-18(21-8-5-4-6-9-21)30-27(33)17-38-25-13-12-20(15-26(25)37-3)14-24-19(2)31-32(28(24)34)23-11-7-10-22(16-23)29(35)36/h4-16,18H,17H2,1-3H3,(H,30,33)(H,35,36)/b24-14+/t18-/m0/s1. The maximum Gasteiger partial charge on any atom is 0.335 e. The maximum absolute atomic E-state index is 13.1. The first kappa shape index (κ1) is 26.2. The number of anilines is 1. The van der Waals surface area contributed by atoms with Crippen LogP contribution in [0, 0.1) is 0 Å².